The van der Waals surface area contributed by atoms with E-state index in [1.165, 1.54) is 11.1 Å². The van der Waals surface area contributed by atoms with Gasteiger partial charge in [0.15, 0.2) is 0 Å². The van der Waals surface area contributed by atoms with E-state index in [4.69, 9.17) is 4.74 Å². The maximum atomic E-state index is 5.06. The molecule has 2 rings (SSSR count). The predicted octanol–water partition coefficient (Wildman–Crippen LogP) is 2.87. The molecule has 0 unspecified atom stereocenters. The first-order chi connectivity index (χ1) is 8.83. The van der Waals surface area contributed by atoms with E-state index in [1.54, 1.807) is 7.11 Å². The number of benzene rings is 1. The van der Waals surface area contributed by atoms with Crippen LogP contribution >= 0.6 is 0 Å². The molecule has 1 N–H and O–H groups in total. The lowest BCUT2D eigenvalue weighted by Crippen LogP contribution is -2.11. The standard InChI is InChI=1S/C15H18N2O/c1-3-16-10-12-5-4-6-13(9-12)14-7-8-15(18-2)17-11-14/h4-9,11,16H,3,10H2,1-2H3. The van der Waals surface area contributed by atoms with Gasteiger partial charge in [0.1, 0.15) is 0 Å². The Morgan fingerprint density at radius 3 is 2.72 bits per heavy atom. The summed E-state index contributed by atoms with van der Waals surface area (Å²) in [6.07, 6.45) is 1.84. The van der Waals surface area contributed by atoms with Crippen LogP contribution in [0.2, 0.25) is 0 Å². The third-order valence-electron chi connectivity index (χ3n) is 2.78. The lowest BCUT2D eigenvalue weighted by atomic mass is 10.0. The Kier molecular flexibility index (Phi) is 4.31. The molecule has 0 bridgehead atoms. The summed E-state index contributed by atoms with van der Waals surface area (Å²) in [5.74, 6) is 0.641. The fraction of sp³-hybridized carbons (Fsp3) is 0.267. The molecule has 1 aromatic heterocycles. The van der Waals surface area contributed by atoms with E-state index in [-0.39, 0.29) is 0 Å². The Hall–Kier alpha value is -1.87. The molecule has 0 saturated carbocycles. The summed E-state index contributed by atoms with van der Waals surface area (Å²) in [6, 6.07) is 12.4. The van der Waals surface area contributed by atoms with Gasteiger partial charge in [-0.3, -0.25) is 0 Å². The first-order valence-electron chi connectivity index (χ1n) is 6.13. The number of aromatic nitrogens is 1. The smallest absolute Gasteiger partial charge is 0.212 e. The van der Waals surface area contributed by atoms with Crippen LogP contribution in [0.3, 0.4) is 0 Å². The Morgan fingerprint density at radius 1 is 1.17 bits per heavy atom. The van der Waals surface area contributed by atoms with Gasteiger partial charge in [-0.15, -0.1) is 0 Å². The Morgan fingerprint density at radius 2 is 2.06 bits per heavy atom. The molecule has 0 saturated heterocycles. The van der Waals surface area contributed by atoms with Crippen LogP contribution in [0.5, 0.6) is 5.88 Å². The number of rotatable bonds is 5. The lowest BCUT2D eigenvalue weighted by Gasteiger charge is -2.06. The van der Waals surface area contributed by atoms with Crippen molar-refractivity contribution in [1.82, 2.24) is 10.3 Å². The molecule has 0 aliphatic heterocycles. The van der Waals surface area contributed by atoms with Gasteiger partial charge in [0, 0.05) is 24.4 Å². The van der Waals surface area contributed by atoms with Crippen LogP contribution < -0.4 is 10.1 Å². The monoisotopic (exact) mass is 242 g/mol. The van der Waals surface area contributed by atoms with Gasteiger partial charge in [-0.1, -0.05) is 25.1 Å². The summed E-state index contributed by atoms with van der Waals surface area (Å²) < 4.78 is 5.06. The minimum atomic E-state index is 0.641. The van der Waals surface area contributed by atoms with Crippen molar-refractivity contribution in [2.75, 3.05) is 13.7 Å². The molecule has 94 valence electrons. The summed E-state index contributed by atoms with van der Waals surface area (Å²) in [4.78, 5) is 4.23. The van der Waals surface area contributed by atoms with Gasteiger partial charge >= 0.3 is 0 Å². The minimum Gasteiger partial charge on any atom is -0.481 e. The second-order valence-electron chi connectivity index (χ2n) is 4.07. The van der Waals surface area contributed by atoms with Crippen molar-refractivity contribution in [3.05, 3.63) is 48.2 Å². The summed E-state index contributed by atoms with van der Waals surface area (Å²) in [5.41, 5.74) is 3.57. The second kappa shape index (κ2) is 6.17. The maximum absolute atomic E-state index is 5.06. The molecule has 0 aliphatic carbocycles. The average Bonchev–Trinajstić information content (AvgIpc) is 2.45. The number of pyridine rings is 1. The molecule has 3 nitrogen and oxygen atoms in total. The zero-order valence-electron chi connectivity index (χ0n) is 10.8. The third kappa shape index (κ3) is 3.08. The van der Waals surface area contributed by atoms with Gasteiger partial charge in [-0.05, 0) is 29.8 Å². The molecule has 0 amide bonds. The Balaban J connectivity index is 2.20. The third-order valence-corrected chi connectivity index (χ3v) is 2.78. The average molecular weight is 242 g/mol. The van der Waals surface area contributed by atoms with E-state index < -0.39 is 0 Å². The van der Waals surface area contributed by atoms with Crippen molar-refractivity contribution in [3.8, 4) is 17.0 Å². The van der Waals surface area contributed by atoms with Crippen LogP contribution in [-0.4, -0.2) is 18.6 Å². The van der Waals surface area contributed by atoms with E-state index in [0.717, 1.165) is 18.7 Å². The van der Waals surface area contributed by atoms with Crippen LogP contribution in [-0.2, 0) is 6.54 Å². The first-order valence-corrected chi connectivity index (χ1v) is 6.13. The van der Waals surface area contributed by atoms with Crippen molar-refractivity contribution < 1.29 is 4.74 Å². The van der Waals surface area contributed by atoms with Crippen molar-refractivity contribution in [2.24, 2.45) is 0 Å². The van der Waals surface area contributed by atoms with Gasteiger partial charge in [0.05, 0.1) is 7.11 Å². The Labute approximate surface area is 108 Å². The van der Waals surface area contributed by atoms with E-state index in [9.17, 15) is 0 Å². The fourth-order valence-electron chi connectivity index (χ4n) is 1.80. The zero-order valence-corrected chi connectivity index (χ0v) is 10.8. The van der Waals surface area contributed by atoms with Gasteiger partial charge in [-0.2, -0.15) is 0 Å². The van der Waals surface area contributed by atoms with Gasteiger partial charge in [0.25, 0.3) is 0 Å². The van der Waals surface area contributed by atoms with Gasteiger partial charge in [-0.25, -0.2) is 4.98 Å². The predicted molar refractivity (Wildman–Crippen MR) is 73.6 cm³/mol. The highest BCUT2D eigenvalue weighted by Gasteiger charge is 2.00. The molecule has 0 aliphatic rings. The minimum absolute atomic E-state index is 0.641. The molecule has 0 spiro atoms. The number of nitrogens with zero attached hydrogens (tertiary/aromatic N) is 1. The number of hydrogen-bond acceptors (Lipinski definition) is 3. The largest absolute Gasteiger partial charge is 0.481 e. The number of hydrogen-bond donors (Lipinski definition) is 1. The summed E-state index contributed by atoms with van der Waals surface area (Å²) >= 11 is 0. The molecule has 3 heteroatoms. The highest BCUT2D eigenvalue weighted by molar-refractivity contribution is 5.63. The Bertz CT molecular complexity index is 494. The number of ether oxygens (including phenoxy) is 1. The SMILES string of the molecule is CCNCc1cccc(-c2ccc(OC)nc2)c1. The van der Waals surface area contributed by atoms with Crippen molar-refractivity contribution in [3.63, 3.8) is 0 Å². The molecular weight excluding hydrogens is 224 g/mol. The molecule has 1 aromatic carbocycles. The van der Waals surface area contributed by atoms with Crippen molar-refractivity contribution in [2.45, 2.75) is 13.5 Å². The lowest BCUT2D eigenvalue weighted by molar-refractivity contribution is 0.398. The van der Waals surface area contributed by atoms with Crippen LogP contribution in [0, 0.1) is 0 Å². The molecule has 0 atom stereocenters. The van der Waals surface area contributed by atoms with Crippen molar-refractivity contribution >= 4 is 0 Å². The molecule has 2 aromatic rings. The quantitative estimate of drug-likeness (QED) is 0.875. The summed E-state index contributed by atoms with van der Waals surface area (Å²) in [5, 5.41) is 3.33. The first kappa shape index (κ1) is 12.6. The molecule has 1 heterocycles. The topological polar surface area (TPSA) is 34.1 Å². The van der Waals surface area contributed by atoms with E-state index in [0.29, 0.717) is 5.88 Å². The molecule has 0 fully saturated rings. The van der Waals surface area contributed by atoms with Gasteiger partial charge in [0.2, 0.25) is 5.88 Å². The fourth-order valence-corrected chi connectivity index (χ4v) is 1.80. The van der Waals surface area contributed by atoms with Crippen LogP contribution in [0.15, 0.2) is 42.6 Å². The zero-order chi connectivity index (χ0) is 12.8. The van der Waals surface area contributed by atoms with Crippen LogP contribution in [0.1, 0.15) is 12.5 Å². The van der Waals surface area contributed by atoms with Crippen LogP contribution in [0.25, 0.3) is 11.1 Å². The summed E-state index contributed by atoms with van der Waals surface area (Å²) in [7, 11) is 1.62. The molecular formula is C15H18N2O. The highest BCUT2D eigenvalue weighted by Crippen LogP contribution is 2.21. The molecule has 0 radical (unpaired) electrons. The number of nitrogens with one attached hydrogen (secondary N) is 1. The van der Waals surface area contributed by atoms with Crippen LogP contribution in [0.4, 0.5) is 0 Å². The van der Waals surface area contributed by atoms with Gasteiger partial charge < -0.3 is 10.1 Å². The highest BCUT2D eigenvalue weighted by atomic mass is 16.5. The molecule has 18 heavy (non-hydrogen) atoms. The maximum Gasteiger partial charge on any atom is 0.212 e. The van der Waals surface area contributed by atoms with E-state index >= 15 is 0 Å². The van der Waals surface area contributed by atoms with E-state index in [1.807, 2.05) is 18.3 Å². The summed E-state index contributed by atoms with van der Waals surface area (Å²) in [6.45, 7) is 3.99. The normalized spacial score (nSPS) is 10.3. The van der Waals surface area contributed by atoms with Crippen molar-refractivity contribution in [1.29, 1.82) is 0 Å². The number of methoxy groups -OCH3 is 1. The van der Waals surface area contributed by atoms with E-state index in [2.05, 4.69) is 41.5 Å². The second-order valence-corrected chi connectivity index (χ2v) is 4.07.